The molecule has 8 nitrogen and oxygen atoms in total. The average molecular weight is 689 g/mol. The topological polar surface area (TPSA) is 133 Å². The van der Waals surface area contributed by atoms with Gasteiger partial charge in [0.15, 0.2) is 5.78 Å². The predicted molar refractivity (Wildman–Crippen MR) is 208 cm³/mol. The fourth-order valence-corrected chi connectivity index (χ4v) is 3.83. The summed E-state index contributed by atoms with van der Waals surface area (Å²) in [4.78, 5) is 45.1. The van der Waals surface area contributed by atoms with Crippen molar-refractivity contribution in [3.8, 4) is 0 Å². The third-order valence-electron chi connectivity index (χ3n) is 6.23. The summed E-state index contributed by atoms with van der Waals surface area (Å²) in [5, 5.41) is 23.0. The number of hydrogen-bond acceptors (Lipinski definition) is 6. The van der Waals surface area contributed by atoms with Gasteiger partial charge in [-0.05, 0) is 70.8 Å². The molecule has 0 unspecified atom stereocenters. The zero-order chi connectivity index (χ0) is 39.5. The number of nitrogens with one attached hydrogen (secondary N) is 2. The average Bonchev–Trinajstić information content (AvgIpc) is 2.96. The molecule has 0 radical (unpaired) electrons. The first-order valence-electron chi connectivity index (χ1n) is 18.7. The Morgan fingerprint density at radius 2 is 1.06 bits per heavy atom. The molecule has 0 saturated heterocycles. The van der Waals surface area contributed by atoms with Crippen molar-refractivity contribution in [2.45, 2.75) is 187 Å². The zero-order valence-corrected chi connectivity index (χ0v) is 35.1. The largest absolute Gasteiger partial charge is 0.396 e. The summed E-state index contributed by atoms with van der Waals surface area (Å²) < 4.78 is 0. The molecule has 0 aliphatic carbocycles. The van der Waals surface area contributed by atoms with Gasteiger partial charge in [0.2, 0.25) is 11.8 Å². The van der Waals surface area contributed by atoms with Crippen LogP contribution in [-0.2, 0) is 19.2 Å². The van der Waals surface area contributed by atoms with Gasteiger partial charge in [-0.25, -0.2) is 0 Å². The van der Waals surface area contributed by atoms with Crippen LogP contribution in [0.1, 0.15) is 176 Å². The van der Waals surface area contributed by atoms with Crippen LogP contribution in [0.4, 0.5) is 0 Å². The highest BCUT2D eigenvalue weighted by atomic mass is 16.3. The van der Waals surface area contributed by atoms with E-state index in [1.165, 1.54) is 31.4 Å². The molecule has 8 heteroatoms. The normalized spacial score (nSPS) is 10.7. The van der Waals surface area contributed by atoms with Crippen LogP contribution in [0.3, 0.4) is 0 Å². The number of aliphatic hydroxyl groups is 2. The van der Waals surface area contributed by atoms with Gasteiger partial charge < -0.3 is 20.8 Å². The number of allylic oxidation sites excluding steroid dienone is 1. The molecule has 0 heterocycles. The van der Waals surface area contributed by atoms with E-state index in [-0.39, 0.29) is 48.9 Å². The Labute approximate surface area is 299 Å². The van der Waals surface area contributed by atoms with Crippen molar-refractivity contribution in [3.63, 3.8) is 0 Å². The molecule has 0 aliphatic rings. The van der Waals surface area contributed by atoms with Crippen LogP contribution in [0.25, 0.3) is 0 Å². The highest BCUT2D eigenvalue weighted by molar-refractivity contribution is 5.97. The van der Waals surface area contributed by atoms with Gasteiger partial charge in [-0.1, -0.05) is 110 Å². The number of aliphatic hydroxyl groups excluding tert-OH is 2. The molecule has 0 rings (SSSR count). The Morgan fingerprint density at radius 3 is 1.33 bits per heavy atom. The summed E-state index contributed by atoms with van der Waals surface area (Å²) in [5.74, 6) is 2.22. The van der Waals surface area contributed by atoms with E-state index in [0.29, 0.717) is 25.7 Å². The molecule has 290 valence electrons. The van der Waals surface area contributed by atoms with Gasteiger partial charge in [0.25, 0.3) is 0 Å². The highest BCUT2D eigenvalue weighted by Crippen LogP contribution is 2.10. The number of carbonyl (C=O) groups is 4. The Kier molecular flexibility index (Phi) is 45.7. The number of amides is 2. The number of hydrogen-bond donors (Lipinski definition) is 4. The Hall–Kier alpha value is -2.06. The van der Waals surface area contributed by atoms with Crippen molar-refractivity contribution in [3.05, 3.63) is 12.2 Å². The molecule has 0 atom stereocenters. The van der Waals surface area contributed by atoms with E-state index in [0.717, 1.165) is 17.8 Å². The summed E-state index contributed by atoms with van der Waals surface area (Å²) in [6, 6.07) is 0. The van der Waals surface area contributed by atoms with E-state index in [4.69, 9.17) is 10.2 Å². The van der Waals surface area contributed by atoms with Crippen LogP contribution in [0.15, 0.2) is 12.2 Å². The van der Waals surface area contributed by atoms with Gasteiger partial charge in [0.05, 0.1) is 0 Å². The van der Waals surface area contributed by atoms with Crippen molar-refractivity contribution in [1.82, 2.24) is 10.6 Å². The van der Waals surface area contributed by atoms with Crippen LogP contribution in [0.2, 0.25) is 0 Å². The van der Waals surface area contributed by atoms with Gasteiger partial charge >= 0.3 is 0 Å². The number of ketones is 2. The van der Waals surface area contributed by atoms with Gasteiger partial charge in [-0.3, -0.25) is 19.2 Å². The van der Waals surface area contributed by atoms with Crippen molar-refractivity contribution in [2.75, 3.05) is 13.2 Å². The SMILES string of the molecule is CC.CC.CC(C)C(=O)CCC(=O)NC(C)(C)CCO.CC(C)CC(C)C.CCC(=O)/C=C/C(=O)NC(C)(C)CCO.CCCC(C)C. The van der Waals surface area contributed by atoms with Crippen LogP contribution in [0, 0.1) is 23.7 Å². The minimum atomic E-state index is -0.453. The molecule has 0 aromatic heterocycles. The van der Waals surface area contributed by atoms with Crippen molar-refractivity contribution < 1.29 is 29.4 Å². The maximum Gasteiger partial charge on any atom is 0.244 e. The first kappa shape index (κ1) is 58.2. The molecule has 0 fully saturated rings. The second-order valence-electron chi connectivity index (χ2n) is 14.2. The highest BCUT2D eigenvalue weighted by Gasteiger charge is 2.20. The van der Waals surface area contributed by atoms with E-state index in [2.05, 4.69) is 59.1 Å². The molecule has 2 amide bonds. The number of Topliss-reactive ketones (excluding diaryl/α,β-unsaturated/α-hetero) is 1. The summed E-state index contributed by atoms with van der Waals surface area (Å²) in [6.45, 7) is 36.6. The third-order valence-corrected chi connectivity index (χ3v) is 6.23. The first-order chi connectivity index (χ1) is 22.1. The van der Waals surface area contributed by atoms with Crippen LogP contribution < -0.4 is 10.6 Å². The third kappa shape index (κ3) is 53.4. The smallest absolute Gasteiger partial charge is 0.244 e. The van der Waals surface area contributed by atoms with E-state index in [1.54, 1.807) is 6.92 Å². The summed E-state index contributed by atoms with van der Waals surface area (Å²) in [7, 11) is 0. The molecule has 4 N–H and O–H groups in total. The van der Waals surface area contributed by atoms with Gasteiger partial charge in [0, 0.05) is 55.5 Å². The number of carbonyl (C=O) groups excluding carboxylic acids is 4. The lowest BCUT2D eigenvalue weighted by Gasteiger charge is -2.25. The van der Waals surface area contributed by atoms with Crippen molar-refractivity contribution in [2.24, 2.45) is 23.7 Å². The van der Waals surface area contributed by atoms with Crippen LogP contribution >= 0.6 is 0 Å². The van der Waals surface area contributed by atoms with E-state index < -0.39 is 11.1 Å². The Balaban J connectivity index is -0.000000126. The van der Waals surface area contributed by atoms with E-state index in [1.807, 2.05) is 69.2 Å². The maximum absolute atomic E-state index is 11.5. The van der Waals surface area contributed by atoms with Crippen LogP contribution in [-0.4, -0.2) is 57.9 Å². The van der Waals surface area contributed by atoms with E-state index in [9.17, 15) is 19.2 Å². The van der Waals surface area contributed by atoms with Crippen molar-refractivity contribution >= 4 is 23.4 Å². The lowest BCUT2D eigenvalue weighted by Crippen LogP contribution is -2.44. The maximum atomic E-state index is 11.5. The van der Waals surface area contributed by atoms with Gasteiger partial charge in [-0.15, -0.1) is 0 Å². The summed E-state index contributed by atoms with van der Waals surface area (Å²) >= 11 is 0. The molecule has 0 saturated carbocycles. The second kappa shape index (κ2) is 37.8. The molecule has 0 bridgehead atoms. The lowest BCUT2D eigenvalue weighted by molar-refractivity contribution is -0.127. The molecule has 48 heavy (non-hydrogen) atoms. The fourth-order valence-electron chi connectivity index (χ4n) is 3.83. The van der Waals surface area contributed by atoms with Crippen LogP contribution in [0.5, 0.6) is 0 Å². The van der Waals surface area contributed by atoms with Gasteiger partial charge in [-0.2, -0.15) is 0 Å². The van der Waals surface area contributed by atoms with Gasteiger partial charge in [0.1, 0.15) is 5.78 Å². The minimum Gasteiger partial charge on any atom is -0.396 e. The zero-order valence-electron chi connectivity index (χ0n) is 35.1. The molecule has 0 aromatic carbocycles. The summed E-state index contributed by atoms with van der Waals surface area (Å²) in [6.07, 6.45) is 8.46. The number of rotatable bonds is 17. The standard InChI is InChI=1S/C12H23NO3.C11H19NO3.C7H16.C6H14.2C2H6/c1-9(2)10(15)5-6-11(16)13-12(3,4)7-8-14;1-4-9(14)5-6-10(15)12-11(2,3)7-8-13;1-6(2)5-7(3)4;1-4-5-6(2)3;2*1-2/h9,14H,5-8H2,1-4H3,(H,13,16);5-6,13H,4,7-8H2,1-3H3,(H,12,15);6-7H,5H2,1-4H3;6H,4-5H2,1-3H3;2*1-2H3/b;6-5+;;;;. The van der Waals surface area contributed by atoms with E-state index >= 15 is 0 Å². The molecule has 0 aliphatic heterocycles. The predicted octanol–water partition coefficient (Wildman–Crippen LogP) is 9.25. The monoisotopic (exact) mass is 689 g/mol. The quantitative estimate of drug-likeness (QED) is 0.113. The second-order valence-corrected chi connectivity index (χ2v) is 14.2. The summed E-state index contributed by atoms with van der Waals surface area (Å²) in [5.41, 5.74) is -0.863. The molecule has 0 aromatic rings. The molecular weight excluding hydrogens is 604 g/mol. The van der Waals surface area contributed by atoms with Crippen molar-refractivity contribution in [1.29, 1.82) is 0 Å². The Bertz CT molecular complexity index is 779. The molecular formula is C40H84N2O6. The Morgan fingerprint density at radius 1 is 0.646 bits per heavy atom. The lowest BCUT2D eigenvalue weighted by atomic mass is 10.00. The fraction of sp³-hybridized carbons (Fsp3) is 0.850. The minimum absolute atomic E-state index is 0.0155. The first-order valence-corrected chi connectivity index (χ1v) is 18.7. The molecule has 0 spiro atoms.